The van der Waals surface area contributed by atoms with E-state index >= 15 is 0 Å². The van der Waals surface area contributed by atoms with E-state index in [1.165, 1.54) is 19.3 Å². The fourth-order valence-corrected chi connectivity index (χ4v) is 3.60. The number of halogens is 2. The van der Waals surface area contributed by atoms with Gasteiger partial charge in [0.2, 0.25) is 0 Å². The molecule has 1 N–H and O–H groups in total. The minimum absolute atomic E-state index is 0.280. The average molecular weight is 330 g/mol. The van der Waals surface area contributed by atoms with Gasteiger partial charge in [-0.3, -0.25) is 0 Å². The summed E-state index contributed by atoms with van der Waals surface area (Å²) in [7, 11) is 0. The molecule has 0 heterocycles. The molecule has 0 saturated heterocycles. The van der Waals surface area contributed by atoms with Crippen LogP contribution in [0, 0.1) is 5.92 Å². The third-order valence-electron chi connectivity index (χ3n) is 4.25. The number of hydrogen-bond donors (Lipinski definition) is 1. The van der Waals surface area contributed by atoms with E-state index in [0.29, 0.717) is 10.0 Å². The molecule has 2 nitrogen and oxygen atoms in total. The monoisotopic (exact) mass is 329 g/mol. The second-order valence-corrected chi connectivity index (χ2v) is 6.68. The molecule has 0 spiro atoms. The number of benzene rings is 1. The molecule has 1 aromatic rings. The van der Waals surface area contributed by atoms with Crippen LogP contribution in [0.3, 0.4) is 0 Å². The fraction of sp³-hybridized carbons (Fsp3) is 0.647. The molecule has 0 amide bonds. The molecule has 0 aliphatic heterocycles. The van der Waals surface area contributed by atoms with Crippen LogP contribution in [-0.2, 0) is 6.54 Å². The normalized spacial score (nSPS) is 22.3. The van der Waals surface area contributed by atoms with E-state index in [0.717, 1.165) is 43.2 Å². The summed E-state index contributed by atoms with van der Waals surface area (Å²) in [4.78, 5) is 0. The van der Waals surface area contributed by atoms with Gasteiger partial charge in [-0.15, -0.1) is 0 Å². The summed E-state index contributed by atoms with van der Waals surface area (Å²) in [6.07, 6.45) is 6.35. The van der Waals surface area contributed by atoms with E-state index in [4.69, 9.17) is 27.9 Å². The molecule has 4 heteroatoms. The van der Waals surface area contributed by atoms with Crippen LogP contribution >= 0.6 is 23.2 Å². The van der Waals surface area contributed by atoms with E-state index < -0.39 is 0 Å². The molecule has 1 saturated carbocycles. The molecule has 2 rings (SSSR count). The third-order valence-corrected chi connectivity index (χ3v) is 4.75. The van der Waals surface area contributed by atoms with Crippen molar-refractivity contribution in [2.24, 2.45) is 5.92 Å². The highest BCUT2D eigenvalue weighted by atomic mass is 35.5. The van der Waals surface area contributed by atoms with Crippen LogP contribution in [0.5, 0.6) is 5.75 Å². The van der Waals surface area contributed by atoms with Crippen LogP contribution in [-0.4, -0.2) is 12.6 Å². The maximum Gasteiger partial charge on any atom is 0.142 e. The summed E-state index contributed by atoms with van der Waals surface area (Å²) in [6.45, 7) is 5.99. The average Bonchev–Trinajstić information content (AvgIpc) is 2.48. The molecule has 1 aliphatic rings. The molecule has 1 fully saturated rings. The molecule has 1 aromatic carbocycles. The highest BCUT2D eigenvalue weighted by molar-refractivity contribution is 6.35. The van der Waals surface area contributed by atoms with Crippen LogP contribution in [0.1, 0.15) is 51.5 Å². The molecular weight excluding hydrogens is 305 g/mol. The Bertz CT molecular complexity index is 464. The Hall–Kier alpha value is -0.440. The van der Waals surface area contributed by atoms with Gasteiger partial charge in [-0.25, -0.2) is 0 Å². The van der Waals surface area contributed by atoms with Crippen molar-refractivity contribution in [3.8, 4) is 5.75 Å². The first-order valence-electron chi connectivity index (χ1n) is 7.99. The van der Waals surface area contributed by atoms with Crippen molar-refractivity contribution in [2.75, 3.05) is 6.54 Å². The van der Waals surface area contributed by atoms with Crippen molar-refractivity contribution in [3.05, 3.63) is 27.7 Å². The van der Waals surface area contributed by atoms with Crippen LogP contribution in [0.25, 0.3) is 0 Å². The highest BCUT2D eigenvalue weighted by Gasteiger charge is 2.24. The number of ether oxygens (including phenoxy) is 1. The third kappa shape index (κ3) is 4.77. The van der Waals surface area contributed by atoms with E-state index in [-0.39, 0.29) is 6.10 Å². The quantitative estimate of drug-likeness (QED) is 0.749. The summed E-state index contributed by atoms with van der Waals surface area (Å²) >= 11 is 12.5. The Kier molecular flexibility index (Phi) is 6.66. The summed E-state index contributed by atoms with van der Waals surface area (Å²) in [5, 5.41) is 4.60. The van der Waals surface area contributed by atoms with Crippen molar-refractivity contribution in [2.45, 2.75) is 58.6 Å². The van der Waals surface area contributed by atoms with Crippen molar-refractivity contribution in [3.63, 3.8) is 0 Å². The summed E-state index contributed by atoms with van der Waals surface area (Å²) in [6, 6.07) is 3.72. The first-order valence-corrected chi connectivity index (χ1v) is 8.74. The predicted molar refractivity (Wildman–Crippen MR) is 90.5 cm³/mol. The molecule has 2 unspecified atom stereocenters. The van der Waals surface area contributed by atoms with Gasteiger partial charge in [0.05, 0.1) is 11.1 Å². The van der Waals surface area contributed by atoms with Gasteiger partial charge < -0.3 is 10.1 Å². The molecule has 2 atom stereocenters. The van der Waals surface area contributed by atoms with Gasteiger partial charge in [0.15, 0.2) is 0 Å². The van der Waals surface area contributed by atoms with Crippen LogP contribution < -0.4 is 10.1 Å². The molecular formula is C17H25Cl2NO. The van der Waals surface area contributed by atoms with Crippen molar-refractivity contribution in [1.82, 2.24) is 5.32 Å². The van der Waals surface area contributed by atoms with E-state index in [1.54, 1.807) is 6.07 Å². The molecule has 118 valence electrons. The predicted octanol–water partition coefficient (Wildman–Crippen LogP) is 5.45. The lowest BCUT2D eigenvalue weighted by atomic mass is 9.85. The smallest absolute Gasteiger partial charge is 0.142 e. The summed E-state index contributed by atoms with van der Waals surface area (Å²) in [5.74, 6) is 1.59. The standard InChI is InChI=1S/C17H25Cl2NO/c1-3-12-6-5-7-15(8-12)21-17-13(11-20-4-2)9-14(18)10-16(17)19/h9-10,12,15,20H,3-8,11H2,1-2H3. The highest BCUT2D eigenvalue weighted by Crippen LogP contribution is 2.36. The summed E-state index contributed by atoms with van der Waals surface area (Å²) in [5.41, 5.74) is 1.05. The topological polar surface area (TPSA) is 21.3 Å². The van der Waals surface area contributed by atoms with Crippen LogP contribution in [0.15, 0.2) is 12.1 Å². The Morgan fingerprint density at radius 2 is 2.05 bits per heavy atom. The first-order chi connectivity index (χ1) is 10.1. The molecule has 21 heavy (non-hydrogen) atoms. The van der Waals surface area contributed by atoms with Crippen molar-refractivity contribution >= 4 is 23.2 Å². The molecule has 1 aliphatic carbocycles. The van der Waals surface area contributed by atoms with Crippen LogP contribution in [0.4, 0.5) is 0 Å². The zero-order chi connectivity index (χ0) is 15.2. The Morgan fingerprint density at radius 1 is 1.24 bits per heavy atom. The second-order valence-electron chi connectivity index (χ2n) is 5.84. The maximum atomic E-state index is 6.37. The van der Waals surface area contributed by atoms with E-state index in [1.807, 2.05) is 6.07 Å². The van der Waals surface area contributed by atoms with Crippen molar-refractivity contribution in [1.29, 1.82) is 0 Å². The zero-order valence-electron chi connectivity index (χ0n) is 12.9. The van der Waals surface area contributed by atoms with Gasteiger partial charge in [-0.1, -0.05) is 49.9 Å². The molecule has 0 aromatic heterocycles. The largest absolute Gasteiger partial charge is 0.489 e. The minimum atomic E-state index is 0.280. The maximum absolute atomic E-state index is 6.37. The molecule has 0 radical (unpaired) electrons. The van der Waals surface area contributed by atoms with Gasteiger partial charge in [-0.05, 0) is 43.9 Å². The molecule has 0 bridgehead atoms. The lowest BCUT2D eigenvalue weighted by Crippen LogP contribution is -2.26. The number of nitrogens with one attached hydrogen (secondary N) is 1. The minimum Gasteiger partial charge on any atom is -0.489 e. The van der Waals surface area contributed by atoms with Gasteiger partial charge in [0, 0.05) is 17.1 Å². The Morgan fingerprint density at radius 3 is 2.76 bits per heavy atom. The van der Waals surface area contributed by atoms with Gasteiger partial charge in [0.1, 0.15) is 5.75 Å². The van der Waals surface area contributed by atoms with Gasteiger partial charge in [0.25, 0.3) is 0 Å². The lowest BCUT2D eigenvalue weighted by molar-refractivity contribution is 0.121. The summed E-state index contributed by atoms with van der Waals surface area (Å²) < 4.78 is 6.27. The number of rotatable bonds is 6. The van der Waals surface area contributed by atoms with Gasteiger partial charge in [-0.2, -0.15) is 0 Å². The van der Waals surface area contributed by atoms with Gasteiger partial charge >= 0.3 is 0 Å². The van der Waals surface area contributed by atoms with Crippen LogP contribution in [0.2, 0.25) is 10.0 Å². The Balaban J connectivity index is 2.13. The lowest BCUT2D eigenvalue weighted by Gasteiger charge is -2.30. The van der Waals surface area contributed by atoms with Crippen molar-refractivity contribution < 1.29 is 4.74 Å². The Labute approximate surface area is 138 Å². The fourth-order valence-electron chi connectivity index (χ4n) is 3.02. The number of hydrogen-bond acceptors (Lipinski definition) is 2. The van der Waals surface area contributed by atoms with E-state index in [9.17, 15) is 0 Å². The zero-order valence-corrected chi connectivity index (χ0v) is 14.4. The first kappa shape index (κ1) is 16.9. The second kappa shape index (κ2) is 8.26. The van der Waals surface area contributed by atoms with E-state index in [2.05, 4.69) is 19.2 Å². The SMILES string of the molecule is CCNCc1cc(Cl)cc(Cl)c1OC1CCCC(CC)C1.